The topological polar surface area (TPSA) is 47.6 Å². The molecular formula is C12H14BrNO3. The third-order valence-corrected chi connectivity index (χ3v) is 2.33. The van der Waals surface area contributed by atoms with Crippen LogP contribution in [0.5, 0.6) is 11.5 Å². The predicted octanol–water partition coefficient (Wildman–Crippen LogP) is 2.34. The highest BCUT2D eigenvalue weighted by molar-refractivity contribution is 9.11. The van der Waals surface area contributed by atoms with Crippen molar-refractivity contribution in [1.29, 1.82) is 0 Å². The summed E-state index contributed by atoms with van der Waals surface area (Å²) in [6.45, 7) is 4.01. The second kappa shape index (κ2) is 6.30. The van der Waals surface area contributed by atoms with Crippen molar-refractivity contribution >= 4 is 21.8 Å². The Morgan fingerprint density at radius 1 is 1.29 bits per heavy atom. The minimum Gasteiger partial charge on any atom is -0.497 e. The largest absolute Gasteiger partial charge is 0.497 e. The summed E-state index contributed by atoms with van der Waals surface area (Å²) in [4.78, 5) is 11.8. The first-order valence-corrected chi connectivity index (χ1v) is 5.70. The van der Waals surface area contributed by atoms with Gasteiger partial charge in [0.15, 0.2) is 0 Å². The molecule has 0 radical (unpaired) electrons. The average molecular weight is 300 g/mol. The Labute approximate surface area is 109 Å². The van der Waals surface area contributed by atoms with Crippen LogP contribution in [0.4, 0.5) is 0 Å². The van der Waals surface area contributed by atoms with Crippen LogP contribution in [0.25, 0.3) is 0 Å². The average Bonchev–Trinajstić information content (AvgIpc) is 2.34. The number of carbonyl (C=O) groups is 1. The highest BCUT2D eigenvalue weighted by Crippen LogP contribution is 2.22. The quantitative estimate of drug-likeness (QED) is 0.908. The fourth-order valence-corrected chi connectivity index (χ4v) is 1.36. The summed E-state index contributed by atoms with van der Waals surface area (Å²) in [5, 5.41) is 2.70. The second-order valence-electron chi connectivity index (χ2n) is 3.30. The molecule has 0 aliphatic heterocycles. The third-order valence-electron chi connectivity index (χ3n) is 2.05. The number of amides is 1. The molecule has 17 heavy (non-hydrogen) atoms. The molecule has 0 aromatic heterocycles. The Hall–Kier alpha value is -1.49. The van der Waals surface area contributed by atoms with E-state index in [2.05, 4.69) is 27.8 Å². The first-order valence-electron chi connectivity index (χ1n) is 4.91. The van der Waals surface area contributed by atoms with E-state index in [-0.39, 0.29) is 5.91 Å². The standard InChI is InChI=1S/C12H14BrNO3/c1-8(13)7-14-12(15)9-4-10(16-2)6-11(5-9)17-3/h4-6H,1,7H2,2-3H3,(H,14,15). The summed E-state index contributed by atoms with van der Waals surface area (Å²) in [5.74, 6) is 0.946. The zero-order chi connectivity index (χ0) is 12.8. The van der Waals surface area contributed by atoms with Crippen LogP contribution in [0.2, 0.25) is 0 Å². The Morgan fingerprint density at radius 3 is 2.24 bits per heavy atom. The fourth-order valence-electron chi connectivity index (χ4n) is 1.22. The van der Waals surface area contributed by atoms with E-state index in [1.54, 1.807) is 18.2 Å². The molecule has 0 aliphatic carbocycles. The van der Waals surface area contributed by atoms with Gasteiger partial charge in [-0.3, -0.25) is 4.79 Å². The van der Waals surface area contributed by atoms with Crippen LogP contribution >= 0.6 is 15.9 Å². The van der Waals surface area contributed by atoms with Crippen molar-refractivity contribution < 1.29 is 14.3 Å². The lowest BCUT2D eigenvalue weighted by Crippen LogP contribution is -2.24. The van der Waals surface area contributed by atoms with E-state index < -0.39 is 0 Å². The Balaban J connectivity index is 2.88. The molecule has 0 aliphatic rings. The Bertz CT molecular complexity index is 410. The molecule has 0 fully saturated rings. The molecule has 0 bridgehead atoms. The summed E-state index contributed by atoms with van der Waals surface area (Å²) in [6.07, 6.45) is 0. The van der Waals surface area contributed by atoms with E-state index in [9.17, 15) is 4.79 Å². The van der Waals surface area contributed by atoms with E-state index >= 15 is 0 Å². The maximum Gasteiger partial charge on any atom is 0.251 e. The van der Waals surface area contributed by atoms with E-state index in [0.717, 1.165) is 0 Å². The molecule has 0 saturated carbocycles. The van der Waals surface area contributed by atoms with Crippen LogP contribution in [0.1, 0.15) is 10.4 Å². The molecule has 1 rings (SSSR count). The number of benzene rings is 1. The normalized spacial score (nSPS) is 9.59. The summed E-state index contributed by atoms with van der Waals surface area (Å²) in [6, 6.07) is 5.00. The number of carbonyl (C=O) groups excluding carboxylic acids is 1. The van der Waals surface area contributed by atoms with Gasteiger partial charge in [0.2, 0.25) is 0 Å². The summed E-state index contributed by atoms with van der Waals surface area (Å²) < 4.78 is 10.9. The first-order chi connectivity index (χ1) is 8.06. The Kier molecular flexibility index (Phi) is 5.03. The van der Waals surface area contributed by atoms with Crippen LogP contribution in [0.3, 0.4) is 0 Å². The molecule has 0 atom stereocenters. The number of hydrogen-bond donors (Lipinski definition) is 1. The van der Waals surface area contributed by atoms with Gasteiger partial charge in [-0.05, 0) is 12.1 Å². The van der Waals surface area contributed by atoms with Crippen molar-refractivity contribution in [1.82, 2.24) is 5.32 Å². The van der Waals surface area contributed by atoms with Gasteiger partial charge < -0.3 is 14.8 Å². The van der Waals surface area contributed by atoms with Gasteiger partial charge >= 0.3 is 0 Å². The molecule has 1 aromatic rings. The molecule has 92 valence electrons. The van der Waals surface area contributed by atoms with Crippen molar-refractivity contribution in [3.63, 3.8) is 0 Å². The number of halogens is 1. The molecule has 1 aromatic carbocycles. The lowest BCUT2D eigenvalue weighted by Gasteiger charge is -2.08. The molecule has 1 amide bonds. The highest BCUT2D eigenvalue weighted by Gasteiger charge is 2.09. The summed E-state index contributed by atoms with van der Waals surface area (Å²) >= 11 is 3.17. The summed E-state index contributed by atoms with van der Waals surface area (Å²) in [7, 11) is 3.08. The van der Waals surface area contributed by atoms with Crippen molar-refractivity contribution in [2.24, 2.45) is 0 Å². The SMILES string of the molecule is C=C(Br)CNC(=O)c1cc(OC)cc(OC)c1. The zero-order valence-corrected chi connectivity index (χ0v) is 11.3. The maximum absolute atomic E-state index is 11.8. The lowest BCUT2D eigenvalue weighted by molar-refractivity contribution is 0.0957. The Morgan fingerprint density at radius 2 is 1.82 bits per heavy atom. The maximum atomic E-state index is 11.8. The second-order valence-corrected chi connectivity index (χ2v) is 4.42. The molecule has 0 saturated heterocycles. The van der Waals surface area contributed by atoms with E-state index in [1.165, 1.54) is 14.2 Å². The number of methoxy groups -OCH3 is 2. The number of rotatable bonds is 5. The van der Waals surface area contributed by atoms with Gasteiger partial charge in [-0.2, -0.15) is 0 Å². The molecule has 0 unspecified atom stereocenters. The lowest BCUT2D eigenvalue weighted by atomic mass is 10.2. The van der Waals surface area contributed by atoms with Crippen molar-refractivity contribution in [3.8, 4) is 11.5 Å². The van der Waals surface area contributed by atoms with Gasteiger partial charge in [0.1, 0.15) is 11.5 Å². The number of ether oxygens (including phenoxy) is 2. The minimum atomic E-state index is -0.206. The zero-order valence-electron chi connectivity index (χ0n) is 9.75. The third kappa shape index (κ3) is 4.11. The van der Waals surface area contributed by atoms with Crippen molar-refractivity contribution in [3.05, 3.63) is 34.8 Å². The van der Waals surface area contributed by atoms with Gasteiger partial charge in [0.25, 0.3) is 5.91 Å². The van der Waals surface area contributed by atoms with E-state index in [1.807, 2.05) is 0 Å². The first kappa shape index (κ1) is 13.6. The molecule has 5 heteroatoms. The summed E-state index contributed by atoms with van der Waals surface area (Å²) in [5.41, 5.74) is 0.481. The smallest absolute Gasteiger partial charge is 0.251 e. The monoisotopic (exact) mass is 299 g/mol. The molecule has 0 heterocycles. The van der Waals surface area contributed by atoms with Gasteiger partial charge in [-0.1, -0.05) is 22.5 Å². The van der Waals surface area contributed by atoms with Gasteiger partial charge in [0, 0.05) is 22.7 Å². The van der Waals surface area contributed by atoms with Gasteiger partial charge in [-0.25, -0.2) is 0 Å². The molecule has 1 N–H and O–H groups in total. The van der Waals surface area contributed by atoms with E-state index in [4.69, 9.17) is 9.47 Å². The van der Waals surface area contributed by atoms with Crippen LogP contribution in [-0.4, -0.2) is 26.7 Å². The number of hydrogen-bond acceptors (Lipinski definition) is 3. The number of nitrogens with one attached hydrogen (secondary N) is 1. The highest BCUT2D eigenvalue weighted by atomic mass is 79.9. The molecular weight excluding hydrogens is 286 g/mol. The van der Waals surface area contributed by atoms with Crippen LogP contribution < -0.4 is 14.8 Å². The van der Waals surface area contributed by atoms with Crippen molar-refractivity contribution in [2.75, 3.05) is 20.8 Å². The predicted molar refractivity (Wildman–Crippen MR) is 69.9 cm³/mol. The van der Waals surface area contributed by atoms with Gasteiger partial charge in [-0.15, -0.1) is 0 Å². The van der Waals surface area contributed by atoms with Gasteiger partial charge in [0.05, 0.1) is 14.2 Å². The van der Waals surface area contributed by atoms with Crippen LogP contribution in [0.15, 0.2) is 29.3 Å². The van der Waals surface area contributed by atoms with E-state index in [0.29, 0.717) is 28.1 Å². The molecule has 0 spiro atoms. The minimum absolute atomic E-state index is 0.206. The van der Waals surface area contributed by atoms with Crippen molar-refractivity contribution in [2.45, 2.75) is 0 Å². The molecule has 4 nitrogen and oxygen atoms in total. The van der Waals surface area contributed by atoms with Crippen LogP contribution in [-0.2, 0) is 0 Å². The van der Waals surface area contributed by atoms with Crippen LogP contribution in [0, 0.1) is 0 Å². The fraction of sp³-hybridized carbons (Fsp3) is 0.250.